The van der Waals surface area contributed by atoms with Gasteiger partial charge in [0.25, 0.3) is 22.2 Å². The lowest BCUT2D eigenvalue weighted by molar-refractivity contribution is 1.26. The average Bonchev–Trinajstić information content (AvgIpc) is 3.67. The number of benzene rings is 9. The largest absolute Gasteiger partial charge is 0.288 e. The van der Waals surface area contributed by atoms with E-state index in [0.717, 1.165) is 54.2 Å². The third-order valence-corrected chi connectivity index (χ3v) is 11.0. The molecule has 0 amide bonds. The fourth-order valence-electron chi connectivity index (χ4n) is 8.36. The topological polar surface area (TPSA) is 99.9 Å². The summed E-state index contributed by atoms with van der Waals surface area (Å²) >= 11 is 0. The van der Waals surface area contributed by atoms with Crippen LogP contribution < -0.4 is 22.2 Å². The Morgan fingerprint density at radius 2 is 0.500 bits per heavy atom. The van der Waals surface area contributed by atoms with Crippen LogP contribution in [0, 0.1) is 23.7 Å². The van der Waals surface area contributed by atoms with Gasteiger partial charge < -0.3 is 0 Å². The van der Waals surface area contributed by atoms with Gasteiger partial charge in [0.15, 0.2) is 0 Å². The Morgan fingerprint density at radius 1 is 0.268 bits per heavy atom. The highest BCUT2D eigenvalue weighted by atomic mass is 16.2. The number of hydrogen-bond donors (Lipinski definition) is 2. The molecule has 11 aromatic rings. The minimum atomic E-state index is -0.500. The fraction of sp³-hybridized carbons (Fsp3) is 0. The van der Waals surface area contributed by atoms with Crippen molar-refractivity contribution in [2.45, 2.75) is 0 Å². The maximum absolute atomic E-state index is 13.2. The van der Waals surface area contributed by atoms with Crippen molar-refractivity contribution in [1.29, 1.82) is 0 Å². The highest BCUT2D eigenvalue weighted by Crippen LogP contribution is 2.37. The summed E-state index contributed by atoms with van der Waals surface area (Å²) in [7, 11) is 0. The van der Waals surface area contributed by atoms with Crippen LogP contribution in [-0.2, 0) is 0 Å². The predicted octanol–water partition coefficient (Wildman–Crippen LogP) is 8.68. The maximum Gasteiger partial charge on any atom is 0.258 e. The minimum Gasteiger partial charge on any atom is -0.288 e. The third-order valence-electron chi connectivity index (χ3n) is 11.0. The smallest absolute Gasteiger partial charge is 0.258 e. The Morgan fingerprint density at radius 3 is 0.768 bits per heavy atom. The van der Waals surface area contributed by atoms with Crippen molar-refractivity contribution in [3.63, 3.8) is 0 Å². The zero-order valence-corrected chi connectivity index (χ0v) is 29.3. The van der Waals surface area contributed by atoms with Crippen LogP contribution in [0.15, 0.2) is 153 Å². The van der Waals surface area contributed by atoms with Crippen molar-refractivity contribution in [2.24, 2.45) is 0 Å². The van der Waals surface area contributed by atoms with Crippen molar-refractivity contribution < 1.29 is 0 Å². The van der Waals surface area contributed by atoms with Crippen LogP contribution in [0.4, 0.5) is 0 Å². The second-order valence-corrected chi connectivity index (χ2v) is 14.1. The first kappa shape index (κ1) is 31.5. The molecule has 0 saturated carbocycles. The molecule has 11 rings (SSSR count). The third kappa shape index (κ3) is 4.61. The monoisotopic (exact) mass is 716 g/mol. The molecular weight excluding hydrogens is 693 g/mol. The summed E-state index contributed by atoms with van der Waals surface area (Å²) in [5, 5.41) is 11.4. The average molecular weight is 717 g/mol. The first-order valence-corrected chi connectivity index (χ1v) is 18.1. The van der Waals surface area contributed by atoms with E-state index in [2.05, 4.69) is 70.0 Å². The molecular formula is C50H24N2O4. The summed E-state index contributed by atoms with van der Waals surface area (Å²) < 4.78 is 0. The minimum absolute atomic E-state index is 0.230. The van der Waals surface area contributed by atoms with Gasteiger partial charge in [0.1, 0.15) is 0 Å². The van der Waals surface area contributed by atoms with Crippen molar-refractivity contribution in [3.05, 3.63) is 197 Å². The van der Waals surface area contributed by atoms with Gasteiger partial charge in [0.2, 0.25) is 0 Å². The van der Waals surface area contributed by atoms with Gasteiger partial charge in [-0.15, -0.1) is 0 Å². The molecule has 9 aromatic carbocycles. The molecule has 2 N–H and O–H groups in total. The lowest BCUT2D eigenvalue weighted by Gasteiger charge is -2.12. The van der Waals surface area contributed by atoms with E-state index in [-0.39, 0.29) is 21.5 Å². The van der Waals surface area contributed by atoms with E-state index in [1.807, 2.05) is 72.8 Å². The van der Waals surface area contributed by atoms with Crippen LogP contribution in [0.3, 0.4) is 0 Å². The van der Waals surface area contributed by atoms with E-state index < -0.39 is 22.2 Å². The van der Waals surface area contributed by atoms with E-state index in [1.165, 1.54) is 0 Å². The van der Waals surface area contributed by atoms with Gasteiger partial charge in [-0.2, -0.15) is 0 Å². The molecule has 2 heterocycles. The molecule has 258 valence electrons. The molecule has 0 spiro atoms. The van der Waals surface area contributed by atoms with Crippen molar-refractivity contribution in [2.75, 3.05) is 0 Å². The molecule has 56 heavy (non-hydrogen) atoms. The Kier molecular flexibility index (Phi) is 6.58. The SMILES string of the molecule is O=c1[nH]c(=O)c2cc3c(C#Cc4c5ccccc5cc5ccccc45)c4cc5c(=O)[nH]c(=O)c5cc4c(C#Cc4c5ccccc5cc5ccccc45)c3cc12. The highest BCUT2D eigenvalue weighted by Gasteiger charge is 2.19. The van der Waals surface area contributed by atoms with Crippen LogP contribution in [-0.4, -0.2) is 9.97 Å². The summed E-state index contributed by atoms with van der Waals surface area (Å²) in [6, 6.07) is 43.4. The zero-order valence-electron chi connectivity index (χ0n) is 29.3. The van der Waals surface area contributed by atoms with Gasteiger partial charge >= 0.3 is 0 Å². The number of H-pyrrole nitrogens is 2. The van der Waals surface area contributed by atoms with Gasteiger partial charge in [0, 0.05) is 43.8 Å². The molecule has 0 aliphatic heterocycles. The molecule has 6 nitrogen and oxygen atoms in total. The molecule has 0 atom stereocenters. The normalized spacial score (nSPS) is 11.6. The maximum atomic E-state index is 13.2. The van der Waals surface area contributed by atoms with Gasteiger partial charge in [-0.25, -0.2) is 0 Å². The number of rotatable bonds is 0. The van der Waals surface area contributed by atoms with Crippen molar-refractivity contribution >= 4 is 86.2 Å². The van der Waals surface area contributed by atoms with E-state index in [0.29, 0.717) is 32.7 Å². The fourth-order valence-corrected chi connectivity index (χ4v) is 8.36. The second kappa shape index (κ2) is 11.7. The van der Waals surface area contributed by atoms with Gasteiger partial charge in [0.05, 0.1) is 21.5 Å². The molecule has 0 bridgehead atoms. The number of fused-ring (bicyclic) bond motifs is 8. The van der Waals surface area contributed by atoms with E-state index in [9.17, 15) is 19.2 Å². The summed E-state index contributed by atoms with van der Waals surface area (Å²) in [5.41, 5.74) is 0.736. The van der Waals surface area contributed by atoms with Crippen LogP contribution in [0.25, 0.3) is 86.2 Å². The Bertz CT molecular complexity index is 3450. The first-order chi connectivity index (χ1) is 27.4. The number of nitrogens with one attached hydrogen (secondary N) is 2. The lowest BCUT2D eigenvalue weighted by Crippen LogP contribution is -2.05. The zero-order chi connectivity index (χ0) is 37.7. The van der Waals surface area contributed by atoms with Crippen LogP contribution in [0.5, 0.6) is 0 Å². The molecule has 0 unspecified atom stereocenters. The number of aromatic nitrogens is 2. The summed E-state index contributed by atoms with van der Waals surface area (Å²) in [4.78, 5) is 57.5. The quantitative estimate of drug-likeness (QED) is 0.121. The van der Waals surface area contributed by atoms with Crippen molar-refractivity contribution in [1.82, 2.24) is 9.97 Å². The van der Waals surface area contributed by atoms with Gasteiger partial charge in [-0.3, -0.25) is 29.1 Å². The van der Waals surface area contributed by atoms with Crippen LogP contribution in [0.1, 0.15) is 22.3 Å². The summed E-state index contributed by atoms with van der Waals surface area (Å²) in [6.45, 7) is 0. The van der Waals surface area contributed by atoms with Gasteiger partial charge in [-0.05, 0) is 79.5 Å². The van der Waals surface area contributed by atoms with Crippen molar-refractivity contribution in [3.8, 4) is 23.7 Å². The van der Waals surface area contributed by atoms with Gasteiger partial charge in [-0.1, -0.05) is 121 Å². The van der Waals surface area contributed by atoms with E-state index in [4.69, 9.17) is 0 Å². The van der Waals surface area contributed by atoms with Crippen LogP contribution >= 0.6 is 0 Å². The number of hydrogen-bond acceptors (Lipinski definition) is 4. The molecule has 0 aliphatic rings. The van der Waals surface area contributed by atoms with E-state index >= 15 is 0 Å². The van der Waals surface area contributed by atoms with E-state index in [1.54, 1.807) is 24.3 Å². The molecule has 0 saturated heterocycles. The summed E-state index contributed by atoms with van der Waals surface area (Å²) in [5.74, 6) is 14.0. The molecule has 0 fully saturated rings. The molecule has 0 radical (unpaired) electrons. The first-order valence-electron chi connectivity index (χ1n) is 18.1. The molecule has 6 heteroatoms. The predicted molar refractivity (Wildman–Crippen MR) is 227 cm³/mol. The Balaban J connectivity index is 1.32. The number of aromatic amines is 2. The Labute approximate surface area is 316 Å². The molecule has 0 aliphatic carbocycles. The standard InChI is InChI=1S/C50H24N2O4/c53-47-43-23-39-37(19-17-35-31-13-5-1-9-27(31)21-28-10-2-6-14-32(28)35)40-24-44-46(50(56)52-48(44)54)26-42(40)38(41(39)25-45(43)49(55)51-47)20-18-36-33-15-7-3-11-29(33)22-30-12-4-8-16-34(30)36/h1-16,21-26H,(H,51,53,55)(H,52,54,56). The van der Waals surface area contributed by atoms with Crippen LogP contribution in [0.2, 0.25) is 0 Å². The molecule has 2 aromatic heterocycles. The highest BCUT2D eigenvalue weighted by molar-refractivity contribution is 6.17. The lowest BCUT2D eigenvalue weighted by atomic mass is 9.89. The Hall–Kier alpha value is -8.06. The summed E-state index contributed by atoms with van der Waals surface area (Å²) in [6.07, 6.45) is 0. The second-order valence-electron chi connectivity index (χ2n) is 14.1.